The average molecular weight is 648 g/mol. The summed E-state index contributed by atoms with van der Waals surface area (Å²) in [4.78, 5) is 1.91. The number of nitrogens with zero attached hydrogens (tertiary/aromatic N) is 1. The van der Waals surface area contributed by atoms with E-state index >= 15 is 0 Å². The lowest BCUT2D eigenvalue weighted by atomic mass is 10.0. The van der Waals surface area contributed by atoms with Crippen LogP contribution in [0.25, 0.3) is 75.1 Å². The third-order valence-electron chi connectivity index (χ3n) is 9.35. The van der Waals surface area contributed by atoms with E-state index in [4.69, 9.17) is 4.42 Å². The highest BCUT2D eigenvalue weighted by molar-refractivity contribution is 7.26. The summed E-state index contributed by atoms with van der Waals surface area (Å²) in [7, 11) is 0. The van der Waals surface area contributed by atoms with Crippen LogP contribution in [0.3, 0.4) is 0 Å². The van der Waals surface area contributed by atoms with Crippen LogP contribution in [-0.2, 0) is 0 Å². The zero-order valence-corrected chi connectivity index (χ0v) is 27.0. The van der Waals surface area contributed by atoms with E-state index in [0.29, 0.717) is 22.4 Å². The monoisotopic (exact) mass is 647 g/mol. The normalized spacial score (nSPS) is 12.8. The molecule has 0 aliphatic carbocycles. The number of benzene rings is 8. The number of hydrogen-bond donors (Lipinski definition) is 0. The van der Waals surface area contributed by atoms with E-state index in [1.54, 1.807) is 11.3 Å². The second-order valence-electron chi connectivity index (χ2n) is 12.2. The Hall–Kier alpha value is -6.16. The van der Waals surface area contributed by atoms with Crippen molar-refractivity contribution in [3.8, 4) is 22.3 Å². The predicted molar refractivity (Wildman–Crippen MR) is 210 cm³/mol. The molecule has 0 unspecified atom stereocenters. The number of hydrogen-bond acceptors (Lipinski definition) is 3. The van der Waals surface area contributed by atoms with Gasteiger partial charge in [-0.15, -0.1) is 11.3 Å². The third kappa shape index (κ3) is 4.55. The molecule has 0 bridgehead atoms. The van der Waals surface area contributed by atoms with E-state index in [0.717, 1.165) is 64.1 Å². The van der Waals surface area contributed by atoms with Gasteiger partial charge in [-0.25, -0.2) is 0 Å². The van der Waals surface area contributed by atoms with E-state index in [2.05, 4.69) is 54.6 Å². The maximum Gasteiger partial charge on any atom is 0.143 e. The van der Waals surface area contributed by atoms with Crippen LogP contribution in [0.1, 0.15) is 5.48 Å². The molecule has 3 heteroatoms. The molecule has 0 spiro atoms. The number of rotatable bonds is 5. The minimum atomic E-state index is -0.231. The van der Waals surface area contributed by atoms with Gasteiger partial charge in [0.25, 0.3) is 0 Å². The molecule has 0 radical (unpaired) electrons. The van der Waals surface area contributed by atoms with Gasteiger partial charge in [-0.3, -0.25) is 0 Å². The summed E-state index contributed by atoms with van der Waals surface area (Å²) in [6.07, 6.45) is 0. The Balaban J connectivity index is 1.28. The van der Waals surface area contributed by atoms with E-state index in [-0.39, 0.29) is 29.9 Å². The van der Waals surface area contributed by atoms with Gasteiger partial charge in [0.05, 0.1) is 16.6 Å². The van der Waals surface area contributed by atoms with E-state index in [1.165, 1.54) is 0 Å². The van der Waals surface area contributed by atoms with Crippen molar-refractivity contribution in [3.05, 3.63) is 176 Å². The van der Waals surface area contributed by atoms with Crippen molar-refractivity contribution < 1.29 is 9.90 Å². The van der Waals surface area contributed by atoms with Gasteiger partial charge in [0.1, 0.15) is 11.2 Å². The fourth-order valence-electron chi connectivity index (χ4n) is 7.07. The summed E-state index contributed by atoms with van der Waals surface area (Å²) in [5, 5.41) is 5.98. The Morgan fingerprint density at radius 1 is 0.531 bits per heavy atom. The molecular formula is C46H29NOS. The number of furan rings is 1. The minimum absolute atomic E-state index is 0.0170. The first-order valence-electron chi connectivity index (χ1n) is 18.3. The molecule has 8 aromatic carbocycles. The molecule has 10 aromatic rings. The van der Waals surface area contributed by atoms with Gasteiger partial charge in [0.15, 0.2) is 0 Å². The summed E-state index contributed by atoms with van der Waals surface area (Å²) in [5.74, 6) is 0. The number of fused-ring (bicyclic) bond motifs is 8. The maximum absolute atomic E-state index is 9.94. The van der Waals surface area contributed by atoms with E-state index in [1.807, 2.05) is 102 Å². The van der Waals surface area contributed by atoms with Crippen molar-refractivity contribution in [1.82, 2.24) is 0 Å². The van der Waals surface area contributed by atoms with E-state index < -0.39 is 0 Å². The summed E-state index contributed by atoms with van der Waals surface area (Å²) >= 11 is 1.62. The Morgan fingerprint density at radius 2 is 1.29 bits per heavy atom. The summed E-state index contributed by atoms with van der Waals surface area (Å²) in [6, 6.07) is 50.1. The highest BCUT2D eigenvalue weighted by atomic mass is 32.1. The van der Waals surface area contributed by atoms with Gasteiger partial charge in [-0.1, -0.05) is 127 Å². The first-order valence-corrected chi connectivity index (χ1v) is 17.1. The van der Waals surface area contributed by atoms with Crippen LogP contribution in [0, 0.1) is 0 Å². The molecule has 0 aliphatic rings. The molecular weight excluding hydrogens is 615 g/mol. The molecule has 2 aromatic heterocycles. The van der Waals surface area contributed by atoms with Crippen LogP contribution in [0.4, 0.5) is 17.1 Å². The van der Waals surface area contributed by atoms with Crippen LogP contribution in [0.15, 0.2) is 180 Å². The first kappa shape index (κ1) is 24.1. The lowest BCUT2D eigenvalue weighted by Crippen LogP contribution is -2.10. The van der Waals surface area contributed by atoms with Gasteiger partial charge in [-0.05, 0) is 76.1 Å². The number of anilines is 3. The molecule has 2 nitrogen and oxygen atoms in total. The minimum Gasteiger partial charge on any atom is -0.455 e. The summed E-state index contributed by atoms with van der Waals surface area (Å²) in [5.41, 5.74) is 6.27. The highest BCUT2D eigenvalue weighted by Crippen LogP contribution is 2.46. The molecule has 0 saturated heterocycles. The maximum atomic E-state index is 9.94. The summed E-state index contributed by atoms with van der Waals surface area (Å²) < 4.78 is 46.5. The van der Waals surface area contributed by atoms with Crippen molar-refractivity contribution in [1.29, 1.82) is 0 Å². The van der Waals surface area contributed by atoms with Gasteiger partial charge in [-0.2, -0.15) is 0 Å². The Labute approximate surface area is 293 Å². The average Bonchev–Trinajstić information content (AvgIpc) is 3.79. The highest BCUT2D eigenvalue weighted by Gasteiger charge is 2.21. The molecule has 0 fully saturated rings. The van der Waals surface area contributed by atoms with Crippen LogP contribution in [-0.4, -0.2) is 0 Å². The van der Waals surface area contributed by atoms with Crippen molar-refractivity contribution in [3.63, 3.8) is 0 Å². The van der Waals surface area contributed by atoms with Crippen LogP contribution < -0.4 is 4.90 Å². The lowest BCUT2D eigenvalue weighted by molar-refractivity contribution is 0.672. The quantitative estimate of drug-likeness (QED) is 0.185. The standard InChI is InChI=1S/C46H29NOS/c1-2-11-30(12-3-1)31-23-26-34(27-24-31)47(41-20-10-21-42-44(41)40-28-25-32-13-4-5-16-36(32)45(40)48-42)35-15-8-14-33(29-35)37-18-9-19-39-38-17-6-7-22-43(38)49-46(37)39/h1-29H/i8D,14D,15D,29D. The van der Waals surface area contributed by atoms with Crippen LogP contribution in [0.2, 0.25) is 0 Å². The molecule has 10 rings (SSSR count). The van der Waals surface area contributed by atoms with Gasteiger partial charge in [0, 0.05) is 42.3 Å². The summed E-state index contributed by atoms with van der Waals surface area (Å²) in [6.45, 7) is 0. The smallest absolute Gasteiger partial charge is 0.143 e. The lowest BCUT2D eigenvalue weighted by Gasteiger charge is -2.27. The fraction of sp³-hybridized carbons (Fsp3) is 0. The molecule has 230 valence electrons. The molecule has 49 heavy (non-hydrogen) atoms. The third-order valence-corrected chi connectivity index (χ3v) is 10.6. The Morgan fingerprint density at radius 3 is 2.18 bits per heavy atom. The zero-order valence-electron chi connectivity index (χ0n) is 30.2. The van der Waals surface area contributed by atoms with Gasteiger partial charge >= 0.3 is 0 Å². The van der Waals surface area contributed by atoms with Crippen molar-refractivity contribution in [2.45, 2.75) is 0 Å². The molecule has 0 amide bonds. The predicted octanol–water partition coefficient (Wildman–Crippen LogP) is 13.9. The molecule has 0 aliphatic heterocycles. The Bertz CT molecular complexity index is 3060. The SMILES string of the molecule is [2H]c1c([2H])c(-c2cccc3c2sc2ccccc23)c([2H])c(N(c2ccc(-c3ccccc3)cc2)c2cccc3oc4c5ccccc5ccc4c23)c1[2H]. The fourth-order valence-corrected chi connectivity index (χ4v) is 8.29. The second-order valence-corrected chi connectivity index (χ2v) is 13.2. The number of thiophene rings is 1. The molecule has 2 heterocycles. The first-order chi connectivity index (χ1) is 26.0. The molecule has 0 atom stereocenters. The van der Waals surface area contributed by atoms with E-state index in [9.17, 15) is 5.48 Å². The van der Waals surface area contributed by atoms with Crippen molar-refractivity contribution in [2.75, 3.05) is 4.90 Å². The molecule has 0 N–H and O–H groups in total. The van der Waals surface area contributed by atoms with Crippen LogP contribution in [0.5, 0.6) is 0 Å². The largest absolute Gasteiger partial charge is 0.455 e. The second kappa shape index (κ2) is 11.2. The Kier molecular flexibility index (Phi) is 5.51. The zero-order chi connectivity index (χ0) is 35.8. The van der Waals surface area contributed by atoms with Gasteiger partial charge < -0.3 is 9.32 Å². The molecule has 0 saturated carbocycles. The van der Waals surface area contributed by atoms with Crippen molar-refractivity contribution >= 4 is 81.3 Å². The van der Waals surface area contributed by atoms with Crippen molar-refractivity contribution in [2.24, 2.45) is 0 Å². The van der Waals surface area contributed by atoms with Gasteiger partial charge in [0.2, 0.25) is 0 Å². The van der Waals surface area contributed by atoms with Crippen LogP contribution >= 0.6 is 11.3 Å². The topological polar surface area (TPSA) is 16.4 Å².